The Kier molecular flexibility index (Phi) is 6.55. The van der Waals surface area contributed by atoms with Crippen molar-refractivity contribution in [3.63, 3.8) is 0 Å². The summed E-state index contributed by atoms with van der Waals surface area (Å²) in [4.78, 5) is 22.7. The predicted octanol–water partition coefficient (Wildman–Crippen LogP) is 6.07. The molecule has 0 spiro atoms. The first-order chi connectivity index (χ1) is 15.5. The number of carbonyl (C=O) groups is 1. The fraction of sp³-hybridized carbons (Fsp3) is 0.240. The molecule has 0 saturated carbocycles. The van der Waals surface area contributed by atoms with Gasteiger partial charge in [-0.1, -0.05) is 49.0 Å². The first-order valence-corrected chi connectivity index (χ1v) is 11.5. The average molecular weight is 449 g/mol. The molecule has 0 aliphatic rings. The highest BCUT2D eigenvalue weighted by Crippen LogP contribution is 2.31. The number of benzene rings is 2. The zero-order chi connectivity index (χ0) is 22.7. The Labute approximate surface area is 191 Å². The number of hydrogen-bond acceptors (Lipinski definition) is 4. The van der Waals surface area contributed by atoms with Crippen molar-refractivity contribution >= 4 is 34.5 Å². The van der Waals surface area contributed by atoms with Gasteiger partial charge in [0.2, 0.25) is 5.91 Å². The highest BCUT2D eigenvalue weighted by atomic mass is 32.2. The van der Waals surface area contributed by atoms with Crippen molar-refractivity contribution < 1.29 is 9.18 Å². The predicted molar refractivity (Wildman–Crippen MR) is 127 cm³/mol. The van der Waals surface area contributed by atoms with Gasteiger partial charge in [-0.25, -0.2) is 14.4 Å². The summed E-state index contributed by atoms with van der Waals surface area (Å²) in [6, 6.07) is 15.7. The quantitative estimate of drug-likeness (QED) is 0.349. The molecule has 0 saturated heterocycles. The van der Waals surface area contributed by atoms with Crippen molar-refractivity contribution in [2.45, 2.75) is 44.1 Å². The van der Waals surface area contributed by atoms with Crippen LogP contribution in [0.4, 0.5) is 10.1 Å². The lowest BCUT2D eigenvalue weighted by Crippen LogP contribution is -2.27. The van der Waals surface area contributed by atoms with Crippen LogP contribution in [0, 0.1) is 19.7 Å². The number of aryl methyl sites for hydroxylation is 2. The standard InChI is InChI=1S/C25H25FN4OS/c1-4-21(24(31)29-22-16(2)7-5-8-17(22)3)30-23-20(9-6-14-27-23)28-25(30)32-15-18-10-12-19(26)13-11-18/h5-14,21H,4,15H2,1-3H3,(H,29,31). The molecule has 32 heavy (non-hydrogen) atoms. The van der Waals surface area contributed by atoms with E-state index in [1.807, 2.05) is 55.7 Å². The molecule has 164 valence electrons. The van der Waals surface area contributed by atoms with E-state index in [9.17, 15) is 9.18 Å². The summed E-state index contributed by atoms with van der Waals surface area (Å²) in [7, 11) is 0. The smallest absolute Gasteiger partial charge is 0.247 e. The molecule has 1 unspecified atom stereocenters. The van der Waals surface area contributed by atoms with Gasteiger partial charge in [-0.05, 0) is 61.2 Å². The number of carbonyl (C=O) groups excluding carboxylic acids is 1. The van der Waals surface area contributed by atoms with Crippen LogP contribution < -0.4 is 5.32 Å². The largest absolute Gasteiger partial charge is 0.324 e. The minimum absolute atomic E-state index is 0.0986. The van der Waals surface area contributed by atoms with E-state index in [1.165, 1.54) is 23.9 Å². The van der Waals surface area contributed by atoms with Crippen LogP contribution in [0.3, 0.4) is 0 Å². The van der Waals surface area contributed by atoms with Crippen molar-refractivity contribution in [2.75, 3.05) is 5.32 Å². The molecule has 5 nitrogen and oxygen atoms in total. The van der Waals surface area contributed by atoms with Gasteiger partial charge in [-0.3, -0.25) is 9.36 Å². The van der Waals surface area contributed by atoms with Gasteiger partial charge in [0.05, 0.1) is 0 Å². The van der Waals surface area contributed by atoms with Crippen LogP contribution >= 0.6 is 11.8 Å². The number of anilines is 1. The highest BCUT2D eigenvalue weighted by molar-refractivity contribution is 7.98. The van der Waals surface area contributed by atoms with Crippen molar-refractivity contribution in [1.29, 1.82) is 0 Å². The number of nitrogens with zero attached hydrogens (tertiary/aromatic N) is 3. The number of nitrogens with one attached hydrogen (secondary N) is 1. The third-order valence-electron chi connectivity index (χ3n) is 5.43. The number of pyridine rings is 1. The van der Waals surface area contributed by atoms with Crippen LogP contribution in [0.1, 0.15) is 36.1 Å². The summed E-state index contributed by atoms with van der Waals surface area (Å²) in [6.45, 7) is 5.96. The Morgan fingerprint density at radius 1 is 1.09 bits per heavy atom. The van der Waals surface area contributed by atoms with Crippen molar-refractivity contribution in [3.05, 3.63) is 83.3 Å². The maximum Gasteiger partial charge on any atom is 0.247 e. The van der Waals surface area contributed by atoms with E-state index in [0.29, 0.717) is 23.0 Å². The molecule has 2 aromatic carbocycles. The second-order valence-corrected chi connectivity index (χ2v) is 8.65. The molecule has 0 aliphatic heterocycles. The maximum absolute atomic E-state index is 13.4. The van der Waals surface area contributed by atoms with Crippen LogP contribution in [0.25, 0.3) is 11.2 Å². The maximum atomic E-state index is 13.4. The van der Waals surface area contributed by atoms with Crippen LogP contribution in [-0.2, 0) is 10.5 Å². The summed E-state index contributed by atoms with van der Waals surface area (Å²) < 4.78 is 15.2. The molecule has 4 aromatic rings. The lowest BCUT2D eigenvalue weighted by atomic mass is 10.1. The zero-order valence-corrected chi connectivity index (χ0v) is 19.1. The minimum Gasteiger partial charge on any atom is -0.324 e. The van der Waals surface area contributed by atoms with Gasteiger partial charge >= 0.3 is 0 Å². The van der Waals surface area contributed by atoms with E-state index in [-0.39, 0.29) is 11.7 Å². The SMILES string of the molecule is CCC(C(=O)Nc1c(C)cccc1C)n1c(SCc2ccc(F)cc2)nc2cccnc21. The Morgan fingerprint density at radius 2 is 1.81 bits per heavy atom. The minimum atomic E-state index is -0.468. The van der Waals surface area contributed by atoms with Crippen LogP contribution in [0.15, 0.2) is 66.0 Å². The second kappa shape index (κ2) is 9.53. The topological polar surface area (TPSA) is 59.8 Å². The lowest BCUT2D eigenvalue weighted by molar-refractivity contribution is -0.119. The number of hydrogen-bond donors (Lipinski definition) is 1. The van der Waals surface area contributed by atoms with E-state index < -0.39 is 6.04 Å². The number of amides is 1. The number of fused-ring (bicyclic) bond motifs is 1. The third-order valence-corrected chi connectivity index (χ3v) is 6.45. The van der Waals surface area contributed by atoms with Gasteiger partial charge in [0.15, 0.2) is 10.8 Å². The van der Waals surface area contributed by atoms with E-state index >= 15 is 0 Å². The van der Waals surface area contributed by atoms with Crippen LogP contribution in [-0.4, -0.2) is 20.4 Å². The second-order valence-electron chi connectivity index (χ2n) is 7.71. The Hall–Kier alpha value is -3.19. The summed E-state index contributed by atoms with van der Waals surface area (Å²) in [6.07, 6.45) is 2.30. The summed E-state index contributed by atoms with van der Waals surface area (Å²) >= 11 is 1.51. The molecule has 1 atom stereocenters. The van der Waals surface area contributed by atoms with Crippen molar-refractivity contribution in [2.24, 2.45) is 0 Å². The van der Waals surface area contributed by atoms with Gasteiger partial charge in [0.25, 0.3) is 0 Å². The molecule has 1 N–H and O–H groups in total. The van der Waals surface area contributed by atoms with Gasteiger partial charge < -0.3 is 5.32 Å². The van der Waals surface area contributed by atoms with Gasteiger partial charge in [0, 0.05) is 17.6 Å². The molecule has 2 heterocycles. The number of imidazole rings is 1. The van der Waals surface area contributed by atoms with E-state index in [2.05, 4.69) is 10.3 Å². The molecule has 0 aliphatic carbocycles. The highest BCUT2D eigenvalue weighted by Gasteiger charge is 2.26. The molecular formula is C25H25FN4OS. The average Bonchev–Trinajstić information content (AvgIpc) is 3.15. The zero-order valence-electron chi connectivity index (χ0n) is 18.3. The third kappa shape index (κ3) is 4.53. The number of rotatable bonds is 7. The normalized spacial score (nSPS) is 12.1. The number of para-hydroxylation sites is 1. The molecule has 1 amide bonds. The Balaban J connectivity index is 1.68. The number of halogens is 1. The van der Waals surface area contributed by atoms with Gasteiger partial charge in [-0.2, -0.15) is 0 Å². The van der Waals surface area contributed by atoms with E-state index in [4.69, 9.17) is 4.98 Å². The first-order valence-electron chi connectivity index (χ1n) is 10.5. The molecular weight excluding hydrogens is 423 g/mol. The van der Waals surface area contributed by atoms with Crippen molar-refractivity contribution in [3.8, 4) is 0 Å². The summed E-state index contributed by atoms with van der Waals surface area (Å²) in [5.74, 6) is 0.251. The van der Waals surface area contributed by atoms with Crippen LogP contribution in [0.2, 0.25) is 0 Å². The fourth-order valence-electron chi connectivity index (χ4n) is 3.72. The van der Waals surface area contributed by atoms with Gasteiger partial charge in [-0.15, -0.1) is 0 Å². The van der Waals surface area contributed by atoms with Crippen LogP contribution in [0.5, 0.6) is 0 Å². The molecule has 2 aromatic heterocycles. The number of aromatic nitrogens is 3. The molecule has 0 fully saturated rings. The molecule has 0 bridgehead atoms. The fourth-order valence-corrected chi connectivity index (χ4v) is 4.73. The van der Waals surface area contributed by atoms with E-state index in [1.54, 1.807) is 18.3 Å². The summed E-state index contributed by atoms with van der Waals surface area (Å²) in [5.41, 5.74) is 5.29. The summed E-state index contributed by atoms with van der Waals surface area (Å²) in [5, 5.41) is 3.84. The number of thioether (sulfide) groups is 1. The lowest BCUT2D eigenvalue weighted by Gasteiger charge is -2.21. The molecule has 4 rings (SSSR count). The molecule has 7 heteroatoms. The van der Waals surface area contributed by atoms with Crippen molar-refractivity contribution in [1.82, 2.24) is 14.5 Å². The van der Waals surface area contributed by atoms with Gasteiger partial charge in [0.1, 0.15) is 17.4 Å². The monoisotopic (exact) mass is 448 g/mol. The Bertz CT molecular complexity index is 1230. The van der Waals surface area contributed by atoms with E-state index in [0.717, 1.165) is 27.9 Å². The Morgan fingerprint density at radius 3 is 2.50 bits per heavy atom. The first kappa shape index (κ1) is 22.0. The molecule has 0 radical (unpaired) electrons.